The second kappa shape index (κ2) is 3.45. The Morgan fingerprint density at radius 1 is 1.56 bits per heavy atom. The van der Waals surface area contributed by atoms with Crippen LogP contribution in [0, 0.1) is 8.99 Å². The zero-order chi connectivity index (χ0) is 11.3. The number of nitrogens with one attached hydrogen (secondary N) is 1. The van der Waals surface area contributed by atoms with E-state index in [1.807, 2.05) is 0 Å². The third-order valence-electron chi connectivity index (χ3n) is 3.84. The third kappa shape index (κ3) is 1.48. The normalized spacial score (nSPS) is 21.9. The number of halogens is 1. The Bertz CT molecular complexity index is 443. The van der Waals surface area contributed by atoms with Crippen LogP contribution in [-0.4, -0.2) is 23.3 Å². The van der Waals surface area contributed by atoms with Gasteiger partial charge in [-0.2, -0.15) is 5.10 Å². The number of methoxy groups -OCH3 is 1. The van der Waals surface area contributed by atoms with Gasteiger partial charge in [-0.3, -0.25) is 5.10 Å². The Labute approximate surface area is 107 Å². The highest BCUT2D eigenvalue weighted by Gasteiger charge is 2.54. The summed E-state index contributed by atoms with van der Waals surface area (Å²) in [6.07, 6.45) is 5.29. The summed E-state index contributed by atoms with van der Waals surface area (Å²) in [4.78, 5) is 11.4. The number of carbonyl (C=O) groups excluding carboxylic acids is 1. The minimum atomic E-state index is -0.354. The summed E-state index contributed by atoms with van der Waals surface area (Å²) in [6.45, 7) is 0. The number of aromatic amines is 1. The predicted molar refractivity (Wildman–Crippen MR) is 66.3 cm³/mol. The van der Waals surface area contributed by atoms with Gasteiger partial charge in [-0.15, -0.1) is 0 Å². The van der Waals surface area contributed by atoms with Gasteiger partial charge in [0.2, 0.25) is 0 Å². The van der Waals surface area contributed by atoms with Gasteiger partial charge in [0.05, 0.1) is 16.4 Å². The number of rotatable bonds is 2. The molecule has 86 valence electrons. The number of ether oxygens (including phenoxy) is 1. The summed E-state index contributed by atoms with van der Waals surface area (Å²) in [5.74, 6) is 0.215. The largest absolute Gasteiger partial charge is 0.464 e. The molecule has 1 heterocycles. The standard InChI is InChI=1S/C11H13IN2O2/c1-16-10(15)9-7(12)8(13-14-9)6-4-11(5-6)2-3-11/h6H,2-5H2,1H3,(H,13,14). The number of esters is 1. The number of nitrogens with zero attached hydrogens (tertiary/aromatic N) is 1. The highest BCUT2D eigenvalue weighted by molar-refractivity contribution is 14.1. The molecule has 2 fully saturated rings. The first-order chi connectivity index (χ1) is 7.65. The van der Waals surface area contributed by atoms with Crippen molar-refractivity contribution < 1.29 is 9.53 Å². The molecule has 0 aromatic carbocycles. The number of carbonyl (C=O) groups is 1. The van der Waals surface area contributed by atoms with Crippen molar-refractivity contribution in [2.24, 2.45) is 5.41 Å². The van der Waals surface area contributed by atoms with Gasteiger partial charge in [0.1, 0.15) is 0 Å². The summed E-state index contributed by atoms with van der Waals surface area (Å²) >= 11 is 2.18. The molecule has 0 atom stereocenters. The van der Waals surface area contributed by atoms with Gasteiger partial charge in [0.25, 0.3) is 0 Å². The lowest BCUT2D eigenvalue weighted by Crippen LogP contribution is -2.24. The molecule has 4 nitrogen and oxygen atoms in total. The van der Waals surface area contributed by atoms with Crippen molar-refractivity contribution in [3.63, 3.8) is 0 Å². The smallest absolute Gasteiger partial charge is 0.359 e. The maximum absolute atomic E-state index is 11.4. The number of H-pyrrole nitrogens is 1. The van der Waals surface area contributed by atoms with E-state index in [-0.39, 0.29) is 5.97 Å². The molecule has 1 spiro atoms. The van der Waals surface area contributed by atoms with Gasteiger partial charge in [-0.25, -0.2) is 4.79 Å². The first-order valence-corrected chi connectivity index (χ1v) is 6.55. The van der Waals surface area contributed by atoms with Crippen molar-refractivity contribution in [3.05, 3.63) is 15.0 Å². The number of hydrogen-bond acceptors (Lipinski definition) is 3. The molecule has 0 bridgehead atoms. The Morgan fingerprint density at radius 3 is 2.81 bits per heavy atom. The lowest BCUT2D eigenvalue weighted by atomic mass is 9.70. The Morgan fingerprint density at radius 2 is 2.25 bits per heavy atom. The Kier molecular flexibility index (Phi) is 2.28. The average molecular weight is 332 g/mol. The van der Waals surface area contributed by atoms with Crippen LogP contribution in [0.25, 0.3) is 0 Å². The summed E-state index contributed by atoms with van der Waals surface area (Å²) in [7, 11) is 1.38. The van der Waals surface area contributed by atoms with Crippen molar-refractivity contribution in [2.75, 3.05) is 7.11 Å². The molecule has 1 aromatic rings. The van der Waals surface area contributed by atoms with Crippen LogP contribution in [0.2, 0.25) is 0 Å². The number of hydrogen-bond donors (Lipinski definition) is 1. The molecule has 0 amide bonds. The predicted octanol–water partition coefficient (Wildman–Crippen LogP) is 2.46. The van der Waals surface area contributed by atoms with Crippen molar-refractivity contribution in [3.8, 4) is 0 Å². The minimum Gasteiger partial charge on any atom is -0.464 e. The second-order valence-corrected chi connectivity index (χ2v) is 5.98. The van der Waals surface area contributed by atoms with E-state index in [0.29, 0.717) is 17.0 Å². The third-order valence-corrected chi connectivity index (χ3v) is 4.93. The van der Waals surface area contributed by atoms with E-state index in [1.54, 1.807) is 0 Å². The topological polar surface area (TPSA) is 55.0 Å². The zero-order valence-electron chi connectivity index (χ0n) is 9.05. The SMILES string of the molecule is COC(=O)c1n[nH]c(C2CC3(CC3)C2)c1I. The van der Waals surface area contributed by atoms with Crippen LogP contribution in [0.5, 0.6) is 0 Å². The van der Waals surface area contributed by atoms with E-state index in [2.05, 4.69) is 37.5 Å². The van der Waals surface area contributed by atoms with Crippen LogP contribution in [0.1, 0.15) is 47.8 Å². The van der Waals surface area contributed by atoms with E-state index < -0.39 is 0 Å². The summed E-state index contributed by atoms with van der Waals surface area (Å²) in [6, 6.07) is 0. The molecule has 0 unspecified atom stereocenters. The molecule has 0 radical (unpaired) electrons. The van der Waals surface area contributed by atoms with Gasteiger partial charge in [-0.1, -0.05) is 0 Å². The van der Waals surface area contributed by atoms with Gasteiger partial charge in [-0.05, 0) is 53.7 Å². The lowest BCUT2D eigenvalue weighted by Gasteiger charge is -2.35. The molecule has 3 rings (SSSR count). The van der Waals surface area contributed by atoms with E-state index in [0.717, 1.165) is 9.26 Å². The van der Waals surface area contributed by atoms with Crippen LogP contribution < -0.4 is 0 Å². The van der Waals surface area contributed by atoms with E-state index in [4.69, 9.17) is 0 Å². The van der Waals surface area contributed by atoms with Crippen LogP contribution in [0.4, 0.5) is 0 Å². The number of aromatic nitrogens is 2. The van der Waals surface area contributed by atoms with Crippen molar-refractivity contribution in [2.45, 2.75) is 31.6 Å². The van der Waals surface area contributed by atoms with Crippen LogP contribution in [0.15, 0.2) is 0 Å². The molecule has 2 aliphatic rings. The molecule has 5 heteroatoms. The van der Waals surface area contributed by atoms with Crippen molar-refractivity contribution >= 4 is 28.6 Å². The summed E-state index contributed by atoms with van der Waals surface area (Å²) < 4.78 is 5.62. The zero-order valence-corrected chi connectivity index (χ0v) is 11.2. The monoisotopic (exact) mass is 332 g/mol. The van der Waals surface area contributed by atoms with Crippen LogP contribution in [-0.2, 0) is 4.74 Å². The van der Waals surface area contributed by atoms with Crippen LogP contribution in [0.3, 0.4) is 0 Å². The van der Waals surface area contributed by atoms with Crippen molar-refractivity contribution in [1.82, 2.24) is 10.2 Å². The Hall–Kier alpha value is -0.590. The molecule has 0 aliphatic heterocycles. The quantitative estimate of drug-likeness (QED) is 0.669. The molecule has 2 aliphatic carbocycles. The first kappa shape index (κ1) is 10.6. The maximum Gasteiger partial charge on any atom is 0.359 e. The molecule has 16 heavy (non-hydrogen) atoms. The molecular weight excluding hydrogens is 319 g/mol. The second-order valence-electron chi connectivity index (χ2n) is 4.90. The lowest BCUT2D eigenvalue weighted by molar-refractivity contribution is 0.0593. The fourth-order valence-electron chi connectivity index (χ4n) is 2.62. The maximum atomic E-state index is 11.4. The van der Waals surface area contributed by atoms with Gasteiger partial charge < -0.3 is 4.74 Å². The average Bonchev–Trinajstić information content (AvgIpc) is 2.95. The van der Waals surface area contributed by atoms with E-state index >= 15 is 0 Å². The summed E-state index contributed by atoms with van der Waals surface area (Å²) in [5.41, 5.74) is 2.22. The van der Waals surface area contributed by atoms with Crippen LogP contribution >= 0.6 is 22.6 Å². The highest BCUT2D eigenvalue weighted by Crippen LogP contribution is 2.66. The van der Waals surface area contributed by atoms with E-state index in [9.17, 15) is 4.79 Å². The minimum absolute atomic E-state index is 0.354. The van der Waals surface area contributed by atoms with Gasteiger partial charge in [0.15, 0.2) is 5.69 Å². The fourth-order valence-corrected chi connectivity index (χ4v) is 3.52. The van der Waals surface area contributed by atoms with E-state index in [1.165, 1.54) is 32.8 Å². The molecule has 1 N–H and O–H groups in total. The first-order valence-electron chi connectivity index (χ1n) is 5.47. The molecule has 1 aromatic heterocycles. The fraction of sp³-hybridized carbons (Fsp3) is 0.636. The Balaban J connectivity index is 1.80. The van der Waals surface area contributed by atoms with Gasteiger partial charge >= 0.3 is 5.97 Å². The molecule has 0 saturated heterocycles. The molecular formula is C11H13IN2O2. The van der Waals surface area contributed by atoms with Gasteiger partial charge in [0, 0.05) is 5.92 Å². The highest BCUT2D eigenvalue weighted by atomic mass is 127. The summed E-state index contributed by atoms with van der Waals surface area (Å²) in [5, 5.41) is 7.05. The molecule has 2 saturated carbocycles. The van der Waals surface area contributed by atoms with Crippen molar-refractivity contribution in [1.29, 1.82) is 0 Å².